The zero-order valence-corrected chi connectivity index (χ0v) is 14.7. The Balaban J connectivity index is 1.96. The van der Waals surface area contributed by atoms with E-state index in [9.17, 15) is 0 Å². The van der Waals surface area contributed by atoms with E-state index >= 15 is 0 Å². The predicted octanol–water partition coefficient (Wildman–Crippen LogP) is 5.55. The van der Waals surface area contributed by atoms with E-state index in [0.717, 1.165) is 32.9 Å². The zero-order valence-electron chi connectivity index (χ0n) is 13.9. The van der Waals surface area contributed by atoms with Gasteiger partial charge in [-0.25, -0.2) is 0 Å². The van der Waals surface area contributed by atoms with E-state index in [2.05, 4.69) is 33.4 Å². The number of hydrogen-bond acceptors (Lipinski definition) is 2. The highest BCUT2D eigenvalue weighted by Gasteiger charge is 2.13. The maximum absolute atomic E-state index is 5.84. The molecule has 0 bridgehead atoms. The second-order valence-electron chi connectivity index (χ2n) is 5.70. The van der Waals surface area contributed by atoms with Gasteiger partial charge in [0.05, 0.1) is 17.6 Å². The molecule has 0 radical (unpaired) electrons. The van der Waals surface area contributed by atoms with Crippen molar-refractivity contribution in [3.05, 3.63) is 83.6 Å². The van der Waals surface area contributed by atoms with Crippen molar-refractivity contribution in [2.75, 3.05) is 6.61 Å². The molecule has 4 aromatic rings. The lowest BCUT2D eigenvalue weighted by molar-refractivity contribution is 0.340. The van der Waals surface area contributed by atoms with Crippen molar-refractivity contribution >= 4 is 23.3 Å². The Labute approximate surface area is 151 Å². The molecule has 0 amide bonds. The number of imidazole rings is 1. The number of fused-ring (bicyclic) bond motifs is 1. The van der Waals surface area contributed by atoms with E-state index in [1.807, 2.05) is 61.5 Å². The van der Waals surface area contributed by atoms with Gasteiger partial charge in [0.25, 0.3) is 0 Å². The minimum Gasteiger partial charge on any atom is -0.494 e. The normalized spacial score (nSPS) is 10.9. The quantitative estimate of drug-likeness (QED) is 0.451. The summed E-state index contributed by atoms with van der Waals surface area (Å²) >= 11 is 5.84. The average Bonchev–Trinajstić information content (AvgIpc) is 2.95. The fourth-order valence-corrected chi connectivity index (χ4v) is 3.49. The molecular weight excluding hydrogens is 328 g/mol. The first kappa shape index (κ1) is 15.7. The second kappa shape index (κ2) is 6.57. The highest BCUT2D eigenvalue weighted by Crippen LogP contribution is 2.26. The first-order valence-corrected chi connectivity index (χ1v) is 8.71. The molecule has 0 aliphatic carbocycles. The molecule has 0 N–H and O–H groups in total. The molecular formula is C21H18N2OS. The van der Waals surface area contributed by atoms with Gasteiger partial charge in [-0.2, -0.15) is 0 Å². The molecule has 25 heavy (non-hydrogen) atoms. The van der Waals surface area contributed by atoms with Gasteiger partial charge in [0.2, 0.25) is 0 Å². The Morgan fingerprint density at radius 3 is 1.80 bits per heavy atom. The van der Waals surface area contributed by atoms with Crippen molar-refractivity contribution in [2.45, 2.75) is 6.92 Å². The fourth-order valence-electron chi connectivity index (χ4n) is 3.08. The monoisotopic (exact) mass is 346 g/mol. The van der Waals surface area contributed by atoms with Crippen LogP contribution < -0.4 is 4.74 Å². The molecule has 0 saturated heterocycles. The summed E-state index contributed by atoms with van der Waals surface area (Å²) in [6.45, 7) is 2.64. The maximum Gasteiger partial charge on any atom is 0.190 e. The fraction of sp³-hybridized carbons (Fsp3) is 0.0952. The SMILES string of the molecule is CCOc1ccc(-n2c(=S)n(-c3ccccc3)c3ccccc32)cc1. The summed E-state index contributed by atoms with van der Waals surface area (Å²) in [5.74, 6) is 0.865. The van der Waals surface area contributed by atoms with E-state index in [4.69, 9.17) is 17.0 Å². The van der Waals surface area contributed by atoms with Gasteiger partial charge in [0, 0.05) is 11.4 Å². The first-order chi connectivity index (χ1) is 12.3. The molecule has 3 aromatic carbocycles. The number of hydrogen-bond donors (Lipinski definition) is 0. The van der Waals surface area contributed by atoms with Crippen LogP contribution in [0.2, 0.25) is 0 Å². The second-order valence-corrected chi connectivity index (χ2v) is 6.07. The molecule has 0 spiro atoms. The zero-order chi connectivity index (χ0) is 17.2. The van der Waals surface area contributed by atoms with Gasteiger partial charge < -0.3 is 4.74 Å². The van der Waals surface area contributed by atoms with Gasteiger partial charge in [-0.05, 0) is 67.7 Å². The van der Waals surface area contributed by atoms with E-state index in [0.29, 0.717) is 6.61 Å². The Hall–Kier alpha value is -2.85. The summed E-state index contributed by atoms with van der Waals surface area (Å²) in [5.41, 5.74) is 4.26. The lowest BCUT2D eigenvalue weighted by atomic mass is 10.2. The molecule has 0 fully saturated rings. The van der Waals surface area contributed by atoms with Crippen LogP contribution in [0.25, 0.3) is 22.4 Å². The Morgan fingerprint density at radius 1 is 0.720 bits per heavy atom. The number of benzene rings is 3. The Kier molecular flexibility index (Phi) is 4.12. The molecule has 0 aliphatic heterocycles. The Bertz CT molecular complexity index is 1060. The highest BCUT2D eigenvalue weighted by molar-refractivity contribution is 7.71. The molecule has 0 unspecified atom stereocenters. The molecule has 0 atom stereocenters. The van der Waals surface area contributed by atoms with Crippen molar-refractivity contribution in [2.24, 2.45) is 0 Å². The third kappa shape index (κ3) is 2.75. The molecule has 1 heterocycles. The van der Waals surface area contributed by atoms with Crippen LogP contribution in [0.5, 0.6) is 5.75 Å². The summed E-state index contributed by atoms with van der Waals surface area (Å²) in [6.07, 6.45) is 0. The van der Waals surface area contributed by atoms with E-state index in [-0.39, 0.29) is 0 Å². The van der Waals surface area contributed by atoms with E-state index in [1.165, 1.54) is 0 Å². The minimum atomic E-state index is 0.659. The summed E-state index contributed by atoms with van der Waals surface area (Å²) in [6, 6.07) is 26.5. The van der Waals surface area contributed by atoms with Gasteiger partial charge in [-0.3, -0.25) is 9.13 Å². The van der Waals surface area contributed by atoms with Crippen LogP contribution >= 0.6 is 12.2 Å². The van der Waals surface area contributed by atoms with Crippen LogP contribution in [-0.4, -0.2) is 15.7 Å². The van der Waals surface area contributed by atoms with Crippen LogP contribution in [0, 0.1) is 4.77 Å². The number of para-hydroxylation sites is 3. The van der Waals surface area contributed by atoms with Crippen molar-refractivity contribution < 1.29 is 4.74 Å². The van der Waals surface area contributed by atoms with Crippen molar-refractivity contribution in [1.29, 1.82) is 0 Å². The van der Waals surface area contributed by atoms with E-state index in [1.54, 1.807) is 0 Å². The third-order valence-electron chi connectivity index (χ3n) is 4.17. The van der Waals surface area contributed by atoms with Crippen LogP contribution in [0.3, 0.4) is 0 Å². The van der Waals surface area contributed by atoms with Crippen LogP contribution in [0.15, 0.2) is 78.9 Å². The van der Waals surface area contributed by atoms with Gasteiger partial charge >= 0.3 is 0 Å². The summed E-state index contributed by atoms with van der Waals surface area (Å²) in [7, 11) is 0. The predicted molar refractivity (Wildman–Crippen MR) is 105 cm³/mol. The average molecular weight is 346 g/mol. The summed E-state index contributed by atoms with van der Waals surface area (Å²) in [5, 5.41) is 0. The molecule has 1 aromatic heterocycles. The number of rotatable bonds is 4. The minimum absolute atomic E-state index is 0.659. The highest BCUT2D eigenvalue weighted by atomic mass is 32.1. The van der Waals surface area contributed by atoms with Crippen molar-refractivity contribution in [3.63, 3.8) is 0 Å². The standard InChI is InChI=1S/C21H18N2OS/c1-2-24-18-14-12-17(13-15-18)23-20-11-7-6-10-19(20)22(21(23)25)16-8-4-3-5-9-16/h3-15H,2H2,1H3. The van der Waals surface area contributed by atoms with Crippen LogP contribution in [-0.2, 0) is 0 Å². The first-order valence-electron chi connectivity index (χ1n) is 8.31. The van der Waals surface area contributed by atoms with Gasteiger partial charge in [-0.1, -0.05) is 30.3 Å². The van der Waals surface area contributed by atoms with Gasteiger partial charge in [0.1, 0.15) is 5.75 Å². The molecule has 4 rings (SSSR count). The Morgan fingerprint density at radius 2 is 1.24 bits per heavy atom. The summed E-state index contributed by atoms with van der Waals surface area (Å²) < 4.78 is 10.5. The largest absolute Gasteiger partial charge is 0.494 e. The topological polar surface area (TPSA) is 19.1 Å². The maximum atomic E-state index is 5.84. The van der Waals surface area contributed by atoms with Gasteiger partial charge in [-0.15, -0.1) is 0 Å². The molecule has 0 saturated carbocycles. The van der Waals surface area contributed by atoms with Crippen molar-refractivity contribution in [1.82, 2.24) is 9.13 Å². The molecule has 0 aliphatic rings. The van der Waals surface area contributed by atoms with Crippen LogP contribution in [0.4, 0.5) is 0 Å². The smallest absolute Gasteiger partial charge is 0.190 e. The number of ether oxygens (including phenoxy) is 1. The summed E-state index contributed by atoms with van der Waals surface area (Å²) in [4.78, 5) is 0. The van der Waals surface area contributed by atoms with Crippen LogP contribution in [0.1, 0.15) is 6.92 Å². The molecule has 4 heteroatoms. The molecule has 3 nitrogen and oxygen atoms in total. The lowest BCUT2D eigenvalue weighted by Crippen LogP contribution is -1.98. The lowest BCUT2D eigenvalue weighted by Gasteiger charge is -2.07. The third-order valence-corrected chi connectivity index (χ3v) is 4.53. The van der Waals surface area contributed by atoms with E-state index < -0.39 is 0 Å². The van der Waals surface area contributed by atoms with Crippen molar-refractivity contribution in [3.8, 4) is 17.1 Å². The number of aromatic nitrogens is 2. The number of nitrogens with zero attached hydrogens (tertiary/aromatic N) is 2. The van der Waals surface area contributed by atoms with Gasteiger partial charge in [0.15, 0.2) is 4.77 Å². The molecule has 124 valence electrons.